The molecule has 1 fully saturated rings. The Bertz CT molecular complexity index is 1210. The lowest BCUT2D eigenvalue weighted by molar-refractivity contribution is 0.0686. The zero-order valence-electron chi connectivity index (χ0n) is 15.1. The van der Waals surface area contributed by atoms with Gasteiger partial charge < -0.3 is 4.90 Å². The number of hydrogen-bond acceptors (Lipinski definition) is 4. The van der Waals surface area contributed by atoms with Gasteiger partial charge in [-0.3, -0.25) is 4.79 Å². The summed E-state index contributed by atoms with van der Waals surface area (Å²) in [6.45, 7) is 0.255. The SMILES string of the molecule is O=C(c1sc2cc(Cl)ccc2c1Cl)N(Cc1cccc(Cl)c1)C1CCS(=O)(=O)C1. The number of halogens is 3. The summed E-state index contributed by atoms with van der Waals surface area (Å²) < 4.78 is 24.9. The standard InChI is InChI=1S/C20H16Cl3NO3S2/c21-13-3-1-2-12(8-13)10-24(15-6-7-29(26,27)11-15)20(25)19-18(23)16-5-4-14(22)9-17(16)28-19/h1-5,8-9,15H,6-7,10-11H2. The molecular weight excluding hydrogens is 473 g/mol. The van der Waals surface area contributed by atoms with Crippen molar-refractivity contribution in [2.45, 2.75) is 19.0 Å². The molecule has 0 saturated carbocycles. The maximum Gasteiger partial charge on any atom is 0.266 e. The third-order valence-electron chi connectivity index (χ3n) is 4.94. The van der Waals surface area contributed by atoms with E-state index in [-0.39, 0.29) is 24.0 Å². The van der Waals surface area contributed by atoms with Gasteiger partial charge in [0.2, 0.25) is 0 Å². The molecule has 9 heteroatoms. The predicted octanol–water partition coefficient (Wildman–Crippen LogP) is 5.69. The van der Waals surface area contributed by atoms with Crippen molar-refractivity contribution in [2.75, 3.05) is 11.5 Å². The van der Waals surface area contributed by atoms with Crippen LogP contribution < -0.4 is 0 Å². The van der Waals surface area contributed by atoms with Gasteiger partial charge in [0.15, 0.2) is 9.84 Å². The highest BCUT2D eigenvalue weighted by molar-refractivity contribution is 7.91. The fraction of sp³-hybridized carbons (Fsp3) is 0.250. The van der Waals surface area contributed by atoms with Gasteiger partial charge in [-0.2, -0.15) is 0 Å². The molecule has 0 spiro atoms. The maximum atomic E-state index is 13.5. The third kappa shape index (κ3) is 4.42. The van der Waals surface area contributed by atoms with Gasteiger partial charge in [-0.05, 0) is 36.2 Å². The second-order valence-electron chi connectivity index (χ2n) is 7.01. The number of hydrogen-bond donors (Lipinski definition) is 0. The molecule has 1 amide bonds. The number of rotatable bonds is 4. The minimum Gasteiger partial charge on any atom is -0.330 e. The molecular formula is C20H16Cl3NO3S2. The molecule has 0 radical (unpaired) electrons. The van der Waals surface area contributed by atoms with Crippen LogP contribution in [0.25, 0.3) is 10.1 Å². The van der Waals surface area contributed by atoms with Gasteiger partial charge in [-0.25, -0.2) is 8.42 Å². The van der Waals surface area contributed by atoms with Crippen LogP contribution >= 0.6 is 46.1 Å². The first-order chi connectivity index (χ1) is 13.7. The molecule has 4 nitrogen and oxygen atoms in total. The molecule has 1 saturated heterocycles. The highest BCUT2D eigenvalue weighted by Crippen LogP contribution is 2.38. The first kappa shape index (κ1) is 20.9. The van der Waals surface area contributed by atoms with E-state index in [0.717, 1.165) is 15.6 Å². The van der Waals surface area contributed by atoms with Gasteiger partial charge in [0.25, 0.3) is 5.91 Å². The van der Waals surface area contributed by atoms with Crippen molar-refractivity contribution in [3.8, 4) is 0 Å². The Morgan fingerprint density at radius 3 is 2.55 bits per heavy atom. The van der Waals surface area contributed by atoms with Crippen LogP contribution in [0, 0.1) is 0 Å². The van der Waals surface area contributed by atoms with Crippen LogP contribution in [0.4, 0.5) is 0 Å². The third-order valence-corrected chi connectivity index (χ3v) is 8.80. The van der Waals surface area contributed by atoms with Crippen LogP contribution in [0.2, 0.25) is 15.1 Å². The lowest BCUT2D eigenvalue weighted by atomic mass is 10.1. The second kappa shape index (κ2) is 8.08. The van der Waals surface area contributed by atoms with Crippen molar-refractivity contribution in [3.63, 3.8) is 0 Å². The molecule has 2 heterocycles. The summed E-state index contributed by atoms with van der Waals surface area (Å²) in [6.07, 6.45) is 0.406. The van der Waals surface area contributed by atoms with Gasteiger partial charge in [0.1, 0.15) is 4.88 Å². The van der Waals surface area contributed by atoms with Crippen LogP contribution in [0.15, 0.2) is 42.5 Å². The Morgan fingerprint density at radius 2 is 1.86 bits per heavy atom. The monoisotopic (exact) mass is 487 g/mol. The van der Waals surface area contributed by atoms with Crippen molar-refractivity contribution >= 4 is 72.0 Å². The molecule has 0 bridgehead atoms. The van der Waals surface area contributed by atoms with Crippen LogP contribution in [-0.2, 0) is 16.4 Å². The van der Waals surface area contributed by atoms with Gasteiger partial charge in [0, 0.05) is 32.7 Å². The average Bonchev–Trinajstić information content (AvgIpc) is 3.18. The first-order valence-electron chi connectivity index (χ1n) is 8.87. The van der Waals surface area contributed by atoms with Crippen LogP contribution in [0.3, 0.4) is 0 Å². The van der Waals surface area contributed by atoms with Crippen molar-refractivity contribution in [1.29, 1.82) is 0 Å². The van der Waals surface area contributed by atoms with Crippen LogP contribution in [0.5, 0.6) is 0 Å². The average molecular weight is 489 g/mol. The van der Waals surface area contributed by atoms with Crippen LogP contribution in [0.1, 0.15) is 21.7 Å². The Labute approximate surface area is 187 Å². The number of fused-ring (bicyclic) bond motifs is 1. The molecule has 1 aliphatic rings. The van der Waals surface area contributed by atoms with Gasteiger partial charge in [-0.1, -0.05) is 53.0 Å². The molecule has 1 aliphatic heterocycles. The maximum absolute atomic E-state index is 13.5. The molecule has 2 aromatic carbocycles. The summed E-state index contributed by atoms with van der Waals surface area (Å²) in [5.74, 6) is -0.255. The van der Waals surface area contributed by atoms with E-state index in [0.29, 0.717) is 26.4 Å². The van der Waals surface area contributed by atoms with Crippen LogP contribution in [-0.4, -0.2) is 36.8 Å². The normalized spacial score (nSPS) is 18.2. The van der Waals surface area contributed by atoms with E-state index < -0.39 is 15.9 Å². The van der Waals surface area contributed by atoms with Gasteiger partial charge >= 0.3 is 0 Å². The van der Waals surface area contributed by atoms with Crippen molar-refractivity contribution in [3.05, 3.63) is 68.0 Å². The summed E-state index contributed by atoms with van der Waals surface area (Å²) in [6, 6.07) is 12.1. The number of carbonyl (C=O) groups is 1. The smallest absolute Gasteiger partial charge is 0.266 e. The Balaban J connectivity index is 1.74. The number of thiophene rings is 1. The molecule has 3 aromatic rings. The van der Waals surface area contributed by atoms with E-state index in [4.69, 9.17) is 34.8 Å². The van der Waals surface area contributed by atoms with E-state index in [1.807, 2.05) is 6.07 Å². The summed E-state index contributed by atoms with van der Waals surface area (Å²) in [5, 5.41) is 2.24. The van der Waals surface area contributed by atoms with E-state index in [1.165, 1.54) is 11.3 Å². The number of sulfone groups is 1. The fourth-order valence-electron chi connectivity index (χ4n) is 3.53. The zero-order valence-corrected chi connectivity index (χ0v) is 19.0. The molecule has 152 valence electrons. The molecule has 1 aromatic heterocycles. The lowest BCUT2D eigenvalue weighted by Gasteiger charge is -2.28. The van der Waals surface area contributed by atoms with Crippen molar-refractivity contribution < 1.29 is 13.2 Å². The molecule has 29 heavy (non-hydrogen) atoms. The van der Waals surface area contributed by atoms with Crippen molar-refractivity contribution in [1.82, 2.24) is 4.90 Å². The molecule has 0 N–H and O–H groups in total. The summed E-state index contributed by atoms with van der Waals surface area (Å²) >= 11 is 19.9. The predicted molar refractivity (Wildman–Crippen MR) is 120 cm³/mol. The fourth-order valence-corrected chi connectivity index (χ4v) is 7.21. The molecule has 4 rings (SSSR count). The number of nitrogens with zero attached hydrogens (tertiary/aromatic N) is 1. The lowest BCUT2D eigenvalue weighted by Crippen LogP contribution is -2.40. The van der Waals surface area contributed by atoms with E-state index in [1.54, 1.807) is 41.3 Å². The highest BCUT2D eigenvalue weighted by atomic mass is 35.5. The minimum atomic E-state index is -3.16. The second-order valence-corrected chi connectivity index (χ2v) is 11.5. The summed E-state index contributed by atoms with van der Waals surface area (Å²) in [7, 11) is -3.16. The van der Waals surface area contributed by atoms with Gasteiger partial charge in [-0.15, -0.1) is 11.3 Å². The Hall–Kier alpha value is -1.31. The van der Waals surface area contributed by atoms with Gasteiger partial charge in [0.05, 0.1) is 16.5 Å². The summed E-state index contributed by atoms with van der Waals surface area (Å²) in [5.41, 5.74) is 0.829. The van der Waals surface area contributed by atoms with Crippen molar-refractivity contribution in [2.24, 2.45) is 0 Å². The molecule has 1 unspecified atom stereocenters. The van der Waals surface area contributed by atoms with E-state index in [9.17, 15) is 13.2 Å². The minimum absolute atomic E-state index is 0.0480. The summed E-state index contributed by atoms with van der Waals surface area (Å²) in [4.78, 5) is 15.5. The Kier molecular flexibility index (Phi) is 5.84. The number of carbonyl (C=O) groups excluding carboxylic acids is 1. The Morgan fingerprint density at radius 1 is 1.10 bits per heavy atom. The molecule has 1 atom stereocenters. The quantitative estimate of drug-likeness (QED) is 0.474. The van der Waals surface area contributed by atoms with E-state index in [2.05, 4.69) is 0 Å². The molecule has 0 aliphatic carbocycles. The number of amides is 1. The number of benzene rings is 2. The highest BCUT2D eigenvalue weighted by Gasteiger charge is 2.36. The zero-order chi connectivity index (χ0) is 20.8. The largest absolute Gasteiger partial charge is 0.330 e. The topological polar surface area (TPSA) is 54.5 Å². The van der Waals surface area contributed by atoms with E-state index >= 15 is 0 Å². The first-order valence-corrected chi connectivity index (χ1v) is 12.6.